The molecule has 0 spiro atoms. The van der Waals surface area contributed by atoms with Crippen LogP contribution in [0.2, 0.25) is 10.0 Å². The van der Waals surface area contributed by atoms with Crippen LogP contribution in [0.3, 0.4) is 0 Å². The fourth-order valence-corrected chi connectivity index (χ4v) is 4.18. The van der Waals surface area contributed by atoms with Gasteiger partial charge in [0.1, 0.15) is 4.90 Å². The molecule has 0 fully saturated rings. The average molecular weight is 498 g/mol. The van der Waals surface area contributed by atoms with Gasteiger partial charge >= 0.3 is 5.97 Å². The van der Waals surface area contributed by atoms with Gasteiger partial charge < -0.3 is 9.64 Å². The average Bonchev–Trinajstić information content (AvgIpc) is 2.74. The molecule has 0 heterocycles. The van der Waals surface area contributed by atoms with E-state index in [2.05, 4.69) is 0 Å². The molecule has 0 saturated heterocycles. The SMILES string of the molecule is Cc1cc(N(CCC#N)C(=O)COC(=O)c2ccc(Cl)c(S(=O)(=O)N(C)C)c2)ccc1Cl. The minimum atomic E-state index is -3.89. The molecule has 0 aliphatic carbocycles. The highest BCUT2D eigenvalue weighted by molar-refractivity contribution is 7.89. The largest absolute Gasteiger partial charge is 0.452 e. The maximum Gasteiger partial charge on any atom is 0.338 e. The van der Waals surface area contributed by atoms with Crippen molar-refractivity contribution in [3.63, 3.8) is 0 Å². The van der Waals surface area contributed by atoms with Crippen molar-refractivity contribution in [1.82, 2.24) is 4.31 Å². The zero-order chi connectivity index (χ0) is 24.1. The first kappa shape index (κ1) is 25.6. The summed E-state index contributed by atoms with van der Waals surface area (Å²) in [4.78, 5) is 26.3. The van der Waals surface area contributed by atoms with Gasteiger partial charge in [-0.05, 0) is 48.9 Å². The van der Waals surface area contributed by atoms with Gasteiger partial charge in [-0.25, -0.2) is 17.5 Å². The van der Waals surface area contributed by atoms with Gasteiger partial charge in [0.05, 0.1) is 23.1 Å². The molecule has 0 aromatic heterocycles. The molecule has 2 aromatic rings. The van der Waals surface area contributed by atoms with E-state index in [9.17, 15) is 18.0 Å². The third-order valence-corrected chi connectivity index (χ3v) is 7.17. The smallest absolute Gasteiger partial charge is 0.338 e. The van der Waals surface area contributed by atoms with Crippen LogP contribution in [-0.2, 0) is 19.6 Å². The Morgan fingerprint density at radius 3 is 2.34 bits per heavy atom. The summed E-state index contributed by atoms with van der Waals surface area (Å²) < 4.78 is 30.8. The second kappa shape index (κ2) is 10.8. The summed E-state index contributed by atoms with van der Waals surface area (Å²) in [5.74, 6) is -1.44. The van der Waals surface area contributed by atoms with Gasteiger partial charge in [-0.1, -0.05) is 23.2 Å². The van der Waals surface area contributed by atoms with Gasteiger partial charge in [-0.15, -0.1) is 0 Å². The van der Waals surface area contributed by atoms with Gasteiger partial charge in [-0.2, -0.15) is 5.26 Å². The van der Waals surface area contributed by atoms with E-state index in [1.165, 1.54) is 31.1 Å². The first-order chi connectivity index (χ1) is 15.0. The Hall–Kier alpha value is -2.64. The van der Waals surface area contributed by atoms with E-state index >= 15 is 0 Å². The Morgan fingerprint density at radius 2 is 1.75 bits per heavy atom. The quantitative estimate of drug-likeness (QED) is 0.514. The number of esters is 1. The first-order valence-electron chi connectivity index (χ1n) is 9.31. The Bertz CT molecular complexity index is 1180. The van der Waals surface area contributed by atoms with E-state index in [-0.39, 0.29) is 28.4 Å². The number of hydrogen-bond acceptors (Lipinski definition) is 6. The van der Waals surface area contributed by atoms with Crippen molar-refractivity contribution in [2.24, 2.45) is 0 Å². The summed E-state index contributed by atoms with van der Waals surface area (Å²) >= 11 is 12.0. The molecular formula is C21H21Cl2N3O5S. The number of nitrogens with zero attached hydrogens (tertiary/aromatic N) is 3. The van der Waals surface area contributed by atoms with Crippen LogP contribution in [0.1, 0.15) is 22.3 Å². The predicted molar refractivity (Wildman–Crippen MR) is 121 cm³/mol. The maximum atomic E-state index is 12.7. The van der Waals surface area contributed by atoms with Gasteiger partial charge in [-0.3, -0.25) is 4.79 Å². The molecule has 2 aromatic carbocycles. The molecule has 0 N–H and O–H groups in total. The highest BCUT2D eigenvalue weighted by atomic mass is 35.5. The number of anilines is 1. The van der Waals surface area contributed by atoms with Crippen LogP contribution in [0.4, 0.5) is 5.69 Å². The molecular weight excluding hydrogens is 477 g/mol. The number of halogens is 2. The van der Waals surface area contributed by atoms with Crippen LogP contribution in [0.5, 0.6) is 0 Å². The van der Waals surface area contributed by atoms with E-state index in [0.717, 1.165) is 15.9 Å². The highest BCUT2D eigenvalue weighted by Gasteiger charge is 2.24. The van der Waals surface area contributed by atoms with Crippen molar-refractivity contribution < 1.29 is 22.7 Å². The fraction of sp³-hybridized carbons (Fsp3) is 0.286. The number of carbonyl (C=O) groups excluding carboxylic acids is 2. The molecule has 170 valence electrons. The molecule has 32 heavy (non-hydrogen) atoms. The van der Waals surface area contributed by atoms with Crippen LogP contribution in [0.15, 0.2) is 41.3 Å². The van der Waals surface area contributed by atoms with E-state index in [4.69, 9.17) is 33.2 Å². The fourth-order valence-electron chi connectivity index (χ4n) is 2.67. The number of sulfonamides is 1. The van der Waals surface area contributed by atoms with Crippen molar-refractivity contribution in [2.45, 2.75) is 18.2 Å². The number of carbonyl (C=O) groups is 2. The number of aryl methyl sites for hydroxylation is 1. The zero-order valence-electron chi connectivity index (χ0n) is 17.6. The van der Waals surface area contributed by atoms with Crippen LogP contribution < -0.4 is 4.90 Å². The Kier molecular flexibility index (Phi) is 8.64. The third-order valence-electron chi connectivity index (χ3n) is 4.45. The van der Waals surface area contributed by atoms with E-state index in [1.54, 1.807) is 25.1 Å². The van der Waals surface area contributed by atoms with Crippen molar-refractivity contribution >= 4 is 50.8 Å². The standard InChI is InChI=1S/C21H21Cl2N3O5S/c1-14-11-16(6-8-17(14)22)26(10-4-9-24)20(27)13-31-21(28)15-5-7-18(23)19(12-15)32(29,30)25(2)3/h5-8,11-12H,4,10,13H2,1-3H3. The summed E-state index contributed by atoms with van der Waals surface area (Å²) in [6, 6.07) is 10.6. The third kappa shape index (κ3) is 5.99. The molecule has 0 aliphatic rings. The molecule has 0 bridgehead atoms. The number of nitriles is 1. The predicted octanol–water partition coefficient (Wildman–Crippen LogP) is 3.66. The lowest BCUT2D eigenvalue weighted by molar-refractivity contribution is -0.121. The minimum Gasteiger partial charge on any atom is -0.452 e. The zero-order valence-corrected chi connectivity index (χ0v) is 20.0. The van der Waals surface area contributed by atoms with Gasteiger partial charge in [0, 0.05) is 31.4 Å². The van der Waals surface area contributed by atoms with Gasteiger partial charge in [0.2, 0.25) is 10.0 Å². The van der Waals surface area contributed by atoms with E-state index < -0.39 is 28.5 Å². The van der Waals surface area contributed by atoms with Gasteiger partial charge in [0.25, 0.3) is 5.91 Å². The molecule has 0 atom stereocenters. The Balaban J connectivity index is 2.20. The molecule has 1 amide bonds. The van der Waals surface area contributed by atoms with Gasteiger partial charge in [0.15, 0.2) is 6.61 Å². The lowest BCUT2D eigenvalue weighted by Gasteiger charge is -2.22. The number of amides is 1. The molecule has 2 rings (SSSR count). The minimum absolute atomic E-state index is 0.0490. The van der Waals surface area contributed by atoms with Crippen LogP contribution in [0.25, 0.3) is 0 Å². The summed E-state index contributed by atoms with van der Waals surface area (Å²) in [5, 5.41) is 9.38. The summed E-state index contributed by atoms with van der Waals surface area (Å²) in [5.41, 5.74) is 1.18. The monoisotopic (exact) mass is 497 g/mol. The number of benzene rings is 2. The van der Waals surface area contributed by atoms with Crippen molar-refractivity contribution in [3.8, 4) is 6.07 Å². The second-order valence-electron chi connectivity index (χ2n) is 6.90. The summed E-state index contributed by atoms with van der Waals surface area (Å²) in [6.45, 7) is 1.27. The van der Waals surface area contributed by atoms with E-state index in [1.807, 2.05) is 6.07 Å². The van der Waals surface area contributed by atoms with Crippen LogP contribution in [-0.4, -0.2) is 51.8 Å². The molecule has 0 saturated carbocycles. The summed E-state index contributed by atoms with van der Waals surface area (Å²) in [6.07, 6.45) is 0.0737. The highest BCUT2D eigenvalue weighted by Crippen LogP contribution is 2.26. The molecule has 11 heteroatoms. The molecule has 0 radical (unpaired) electrons. The first-order valence-corrected chi connectivity index (χ1v) is 11.5. The Morgan fingerprint density at radius 1 is 1.09 bits per heavy atom. The number of hydrogen-bond donors (Lipinski definition) is 0. The van der Waals surface area contributed by atoms with Crippen LogP contribution >= 0.6 is 23.2 Å². The maximum absolute atomic E-state index is 12.7. The van der Waals surface area contributed by atoms with Crippen LogP contribution in [0, 0.1) is 18.3 Å². The molecule has 8 nitrogen and oxygen atoms in total. The lowest BCUT2D eigenvalue weighted by atomic mass is 10.2. The van der Waals surface area contributed by atoms with Crippen molar-refractivity contribution in [1.29, 1.82) is 5.26 Å². The molecule has 0 unspecified atom stereocenters. The Labute approximate surface area is 196 Å². The topological polar surface area (TPSA) is 108 Å². The summed E-state index contributed by atoms with van der Waals surface area (Å²) in [7, 11) is -1.21. The lowest BCUT2D eigenvalue weighted by Crippen LogP contribution is -2.35. The number of ether oxygens (including phenoxy) is 1. The van der Waals surface area contributed by atoms with Crippen molar-refractivity contribution in [3.05, 3.63) is 57.6 Å². The van der Waals surface area contributed by atoms with E-state index in [0.29, 0.717) is 10.7 Å². The number of rotatable bonds is 8. The molecule has 0 aliphatic heterocycles. The van der Waals surface area contributed by atoms with Crippen molar-refractivity contribution in [2.75, 3.05) is 32.1 Å². The normalized spacial score (nSPS) is 11.2. The second-order valence-corrected chi connectivity index (χ2v) is 9.83.